The highest BCUT2D eigenvalue weighted by atomic mass is 32.1. The number of thiocarbonyl (C=S) groups is 1. The molecule has 0 radical (unpaired) electrons. The topological polar surface area (TPSA) is 43.9 Å². The summed E-state index contributed by atoms with van der Waals surface area (Å²) in [5.41, 5.74) is 3.25. The van der Waals surface area contributed by atoms with Gasteiger partial charge in [0.25, 0.3) is 11.8 Å². The average Bonchev–Trinajstić information content (AvgIpc) is 2.59. The van der Waals surface area contributed by atoms with Crippen LogP contribution in [0.25, 0.3) is 6.08 Å². The second-order valence-corrected chi connectivity index (χ2v) is 7.17. The highest BCUT2D eigenvalue weighted by Gasteiger charge is 2.37. The molecule has 140 valence electrons. The van der Waals surface area contributed by atoms with Crippen molar-refractivity contribution >= 4 is 40.9 Å². The van der Waals surface area contributed by atoms with Gasteiger partial charge in [-0.3, -0.25) is 19.4 Å². The molecule has 0 saturated carbocycles. The van der Waals surface area contributed by atoms with E-state index in [1.54, 1.807) is 6.08 Å². The van der Waals surface area contributed by atoms with Crippen molar-refractivity contribution in [3.8, 4) is 0 Å². The fourth-order valence-corrected chi connectivity index (χ4v) is 3.43. The van der Waals surface area contributed by atoms with Crippen molar-refractivity contribution in [1.29, 1.82) is 0 Å². The predicted octanol–water partition coefficient (Wildman–Crippen LogP) is 3.25. The maximum absolute atomic E-state index is 12.8. The predicted molar refractivity (Wildman–Crippen MR) is 110 cm³/mol. The lowest BCUT2D eigenvalue weighted by atomic mass is 9.94. The average molecular weight is 374 g/mol. The number of hydrogen-bond acceptors (Lipinski definition) is 4. The fourth-order valence-electron chi connectivity index (χ4n) is 3.01. The first-order valence-electron chi connectivity index (χ1n) is 8.93. The van der Waals surface area contributed by atoms with E-state index < -0.39 is 0 Å². The van der Waals surface area contributed by atoms with Crippen molar-refractivity contribution in [3.63, 3.8) is 0 Å². The Kier molecular flexibility index (Phi) is 6.18. The van der Waals surface area contributed by atoms with Gasteiger partial charge in [-0.15, -0.1) is 0 Å². The molecular weight excluding hydrogens is 346 g/mol. The van der Waals surface area contributed by atoms with Crippen molar-refractivity contribution in [2.45, 2.75) is 33.6 Å². The number of carbonyl (C=O) groups excluding carboxylic acids is 2. The number of amides is 2. The molecule has 26 heavy (non-hydrogen) atoms. The number of benzene rings is 1. The Labute approximate surface area is 161 Å². The van der Waals surface area contributed by atoms with Gasteiger partial charge in [-0.2, -0.15) is 0 Å². The molecule has 1 fully saturated rings. The largest absolute Gasteiger partial charge is 0.378 e. The minimum Gasteiger partial charge on any atom is -0.378 e. The van der Waals surface area contributed by atoms with Crippen LogP contribution in [-0.4, -0.2) is 53.9 Å². The maximum Gasteiger partial charge on any atom is 0.265 e. The molecule has 1 aromatic rings. The zero-order valence-corrected chi connectivity index (χ0v) is 17.2. The molecule has 0 atom stereocenters. The van der Waals surface area contributed by atoms with E-state index in [1.165, 1.54) is 9.80 Å². The molecule has 5 nitrogen and oxygen atoms in total. The van der Waals surface area contributed by atoms with Crippen LogP contribution >= 0.6 is 12.2 Å². The van der Waals surface area contributed by atoms with Crippen LogP contribution < -0.4 is 4.90 Å². The van der Waals surface area contributed by atoms with Gasteiger partial charge in [-0.05, 0) is 61.3 Å². The normalized spacial score (nSPS) is 15.2. The molecule has 1 heterocycles. The molecule has 1 aliphatic heterocycles. The van der Waals surface area contributed by atoms with E-state index >= 15 is 0 Å². The van der Waals surface area contributed by atoms with Gasteiger partial charge in [0.05, 0.1) is 0 Å². The minimum absolute atomic E-state index is 0.168. The molecule has 2 amide bonds. The molecule has 1 aromatic carbocycles. The number of carbonyl (C=O) groups is 2. The SMILES string of the molecule is CCN1C(=O)C(=Cc2ccc(N(C)C)cc2C(C)C)C(=O)N(CC)C1=S. The Hall–Kier alpha value is -2.21. The summed E-state index contributed by atoms with van der Waals surface area (Å²) in [5, 5.41) is 0.286. The zero-order valence-electron chi connectivity index (χ0n) is 16.4. The van der Waals surface area contributed by atoms with Gasteiger partial charge < -0.3 is 4.90 Å². The monoisotopic (exact) mass is 373 g/mol. The van der Waals surface area contributed by atoms with Crippen LogP contribution in [0.15, 0.2) is 23.8 Å². The third-order valence-corrected chi connectivity index (χ3v) is 4.99. The first kappa shape index (κ1) is 20.1. The first-order chi connectivity index (χ1) is 12.2. The number of nitrogens with zero attached hydrogens (tertiary/aromatic N) is 3. The summed E-state index contributed by atoms with van der Waals surface area (Å²) in [6.45, 7) is 8.80. The number of likely N-dealkylation sites (N-methyl/N-ethyl adjacent to an activating group) is 2. The second-order valence-electron chi connectivity index (χ2n) is 6.80. The minimum atomic E-state index is -0.321. The van der Waals surface area contributed by atoms with Crippen LogP contribution in [0.2, 0.25) is 0 Å². The molecule has 6 heteroatoms. The molecule has 0 bridgehead atoms. The van der Waals surface area contributed by atoms with Crippen molar-refractivity contribution in [1.82, 2.24) is 9.80 Å². The van der Waals surface area contributed by atoms with Crippen molar-refractivity contribution in [2.75, 3.05) is 32.1 Å². The third kappa shape index (κ3) is 3.65. The summed E-state index contributed by atoms with van der Waals surface area (Å²) >= 11 is 5.31. The molecular formula is C20H27N3O2S. The van der Waals surface area contributed by atoms with Gasteiger partial charge in [0.1, 0.15) is 5.57 Å². The molecule has 0 unspecified atom stereocenters. The van der Waals surface area contributed by atoms with E-state index in [0.717, 1.165) is 16.8 Å². The summed E-state index contributed by atoms with van der Waals surface area (Å²) in [5.74, 6) is -0.377. The fraction of sp³-hybridized carbons (Fsp3) is 0.450. The van der Waals surface area contributed by atoms with Crippen LogP contribution in [0.4, 0.5) is 5.69 Å². The molecule has 1 aliphatic rings. The zero-order chi connectivity index (χ0) is 19.6. The van der Waals surface area contributed by atoms with Crippen molar-refractivity contribution in [3.05, 3.63) is 34.9 Å². The van der Waals surface area contributed by atoms with E-state index in [9.17, 15) is 9.59 Å². The van der Waals surface area contributed by atoms with Crippen LogP contribution in [-0.2, 0) is 9.59 Å². The summed E-state index contributed by atoms with van der Waals surface area (Å²) in [6.07, 6.45) is 1.71. The molecule has 1 saturated heterocycles. The molecule has 0 aliphatic carbocycles. The van der Waals surface area contributed by atoms with E-state index in [2.05, 4.69) is 19.9 Å². The van der Waals surface area contributed by atoms with Gasteiger partial charge in [-0.25, -0.2) is 0 Å². The Morgan fingerprint density at radius 1 is 1.08 bits per heavy atom. The quantitative estimate of drug-likeness (QED) is 0.451. The number of hydrogen-bond donors (Lipinski definition) is 0. The standard InChI is InChI=1S/C20H27N3O2S/c1-7-22-18(24)17(19(25)23(8-2)20(22)26)11-14-9-10-15(21(5)6)12-16(14)13(3)4/h9-13H,7-8H2,1-6H3. The highest BCUT2D eigenvalue weighted by Crippen LogP contribution is 2.28. The number of anilines is 1. The second kappa shape index (κ2) is 7.99. The molecule has 2 rings (SSSR count). The highest BCUT2D eigenvalue weighted by molar-refractivity contribution is 7.80. The van der Waals surface area contributed by atoms with Gasteiger partial charge in [-0.1, -0.05) is 19.9 Å². The Balaban J connectivity index is 2.58. The van der Waals surface area contributed by atoms with E-state index in [0.29, 0.717) is 13.1 Å². The van der Waals surface area contributed by atoms with Gasteiger partial charge in [0, 0.05) is 32.9 Å². The molecule has 0 spiro atoms. The summed E-state index contributed by atoms with van der Waals surface area (Å²) in [6, 6.07) is 6.07. The lowest BCUT2D eigenvalue weighted by Crippen LogP contribution is -2.55. The summed E-state index contributed by atoms with van der Waals surface area (Å²) in [4.78, 5) is 30.6. The van der Waals surface area contributed by atoms with Crippen molar-refractivity contribution < 1.29 is 9.59 Å². The van der Waals surface area contributed by atoms with E-state index in [1.807, 2.05) is 45.0 Å². The Morgan fingerprint density at radius 3 is 2.04 bits per heavy atom. The lowest BCUT2D eigenvalue weighted by molar-refractivity contribution is -0.133. The van der Waals surface area contributed by atoms with Crippen LogP contribution in [0, 0.1) is 0 Å². The Morgan fingerprint density at radius 2 is 1.62 bits per heavy atom. The van der Waals surface area contributed by atoms with Gasteiger partial charge in [0.15, 0.2) is 5.11 Å². The smallest absolute Gasteiger partial charge is 0.265 e. The molecule has 0 aromatic heterocycles. The molecule has 0 N–H and O–H groups in total. The lowest BCUT2D eigenvalue weighted by Gasteiger charge is -2.35. The van der Waals surface area contributed by atoms with Crippen LogP contribution in [0.3, 0.4) is 0 Å². The maximum atomic E-state index is 12.8. The summed E-state index contributed by atoms with van der Waals surface area (Å²) < 4.78 is 0. The van der Waals surface area contributed by atoms with Crippen LogP contribution in [0.5, 0.6) is 0 Å². The summed E-state index contributed by atoms with van der Waals surface area (Å²) in [7, 11) is 3.98. The van der Waals surface area contributed by atoms with Crippen molar-refractivity contribution in [2.24, 2.45) is 0 Å². The van der Waals surface area contributed by atoms with E-state index in [-0.39, 0.29) is 28.4 Å². The van der Waals surface area contributed by atoms with Gasteiger partial charge in [0.2, 0.25) is 0 Å². The third-order valence-electron chi connectivity index (χ3n) is 4.55. The van der Waals surface area contributed by atoms with Gasteiger partial charge >= 0.3 is 0 Å². The van der Waals surface area contributed by atoms with Crippen LogP contribution in [0.1, 0.15) is 44.7 Å². The van der Waals surface area contributed by atoms with E-state index in [4.69, 9.17) is 12.2 Å². The number of rotatable bonds is 5. The first-order valence-corrected chi connectivity index (χ1v) is 9.34. The Bertz CT molecular complexity index is 740.